The fourth-order valence-electron chi connectivity index (χ4n) is 0.779. The van der Waals surface area contributed by atoms with Crippen LogP contribution in [-0.4, -0.2) is 30.7 Å². The van der Waals surface area contributed by atoms with Gasteiger partial charge in [0.1, 0.15) is 6.61 Å². The van der Waals surface area contributed by atoms with Crippen molar-refractivity contribution in [1.82, 2.24) is 4.90 Å². The molecule has 0 aliphatic heterocycles. The quantitative estimate of drug-likeness (QED) is 0.678. The molecule has 0 spiro atoms. The van der Waals surface area contributed by atoms with Crippen LogP contribution in [0.15, 0.2) is 35.9 Å². The molecule has 1 amide bonds. The maximum atomic E-state index is 11.4. The summed E-state index contributed by atoms with van der Waals surface area (Å²) in [5.74, 6) is 0. The number of amides is 1. The SMILES string of the molecule is C=CCOC(=O)N(C/C=C/Cl)C/C=C/Cl. The Labute approximate surface area is 99.6 Å². The summed E-state index contributed by atoms with van der Waals surface area (Å²) in [7, 11) is 0. The van der Waals surface area contributed by atoms with E-state index in [4.69, 9.17) is 27.9 Å². The van der Waals surface area contributed by atoms with Gasteiger partial charge in [0, 0.05) is 24.2 Å². The molecule has 0 fully saturated rings. The summed E-state index contributed by atoms with van der Waals surface area (Å²) in [5.41, 5.74) is 2.69. The smallest absolute Gasteiger partial charge is 0.410 e. The van der Waals surface area contributed by atoms with Gasteiger partial charge in [0.15, 0.2) is 0 Å². The zero-order valence-electron chi connectivity index (χ0n) is 8.23. The van der Waals surface area contributed by atoms with Crippen molar-refractivity contribution in [3.05, 3.63) is 35.9 Å². The van der Waals surface area contributed by atoms with Gasteiger partial charge in [-0.05, 0) is 0 Å². The first kappa shape index (κ1) is 14.1. The van der Waals surface area contributed by atoms with E-state index in [2.05, 4.69) is 6.58 Å². The van der Waals surface area contributed by atoms with Crippen molar-refractivity contribution < 1.29 is 9.53 Å². The van der Waals surface area contributed by atoms with Gasteiger partial charge in [-0.15, -0.1) is 0 Å². The molecule has 3 nitrogen and oxygen atoms in total. The van der Waals surface area contributed by atoms with E-state index < -0.39 is 6.09 Å². The third-order valence-electron chi connectivity index (χ3n) is 1.41. The van der Waals surface area contributed by atoms with Crippen LogP contribution in [0.25, 0.3) is 0 Å². The molecule has 0 aromatic heterocycles. The molecule has 0 saturated carbocycles. The van der Waals surface area contributed by atoms with Crippen LogP contribution in [0, 0.1) is 0 Å². The summed E-state index contributed by atoms with van der Waals surface area (Å²) >= 11 is 10.7. The molecule has 0 atom stereocenters. The van der Waals surface area contributed by atoms with E-state index in [1.165, 1.54) is 22.0 Å². The molecule has 0 aromatic rings. The standard InChI is InChI=1S/C10H13Cl2NO2/c1-2-9-15-10(14)13(7-3-5-11)8-4-6-12/h2-6H,1,7-9H2/b5-3+,6-4+. The van der Waals surface area contributed by atoms with Gasteiger partial charge < -0.3 is 9.64 Å². The number of hydrogen-bond donors (Lipinski definition) is 0. The fraction of sp³-hybridized carbons (Fsp3) is 0.300. The lowest BCUT2D eigenvalue weighted by molar-refractivity contribution is 0.121. The van der Waals surface area contributed by atoms with Crippen molar-refractivity contribution in [1.29, 1.82) is 0 Å². The molecule has 15 heavy (non-hydrogen) atoms. The molecule has 0 saturated heterocycles. The summed E-state index contributed by atoms with van der Waals surface area (Å²) in [4.78, 5) is 12.9. The number of rotatable bonds is 6. The van der Waals surface area contributed by atoms with Crippen molar-refractivity contribution in [2.24, 2.45) is 0 Å². The van der Waals surface area contributed by atoms with Gasteiger partial charge in [0.2, 0.25) is 0 Å². The Morgan fingerprint density at radius 2 is 1.80 bits per heavy atom. The van der Waals surface area contributed by atoms with Crippen molar-refractivity contribution >= 4 is 29.3 Å². The van der Waals surface area contributed by atoms with Crippen LogP contribution in [0.4, 0.5) is 4.79 Å². The number of nitrogens with zero attached hydrogens (tertiary/aromatic N) is 1. The monoisotopic (exact) mass is 249 g/mol. The Morgan fingerprint density at radius 1 is 1.27 bits per heavy atom. The molecule has 0 N–H and O–H groups in total. The maximum Gasteiger partial charge on any atom is 0.410 e. The molecular weight excluding hydrogens is 237 g/mol. The van der Waals surface area contributed by atoms with Crippen LogP contribution in [0.1, 0.15) is 0 Å². The number of carbonyl (C=O) groups excluding carboxylic acids is 1. The van der Waals surface area contributed by atoms with Crippen molar-refractivity contribution in [3.63, 3.8) is 0 Å². The van der Waals surface area contributed by atoms with Gasteiger partial charge in [-0.1, -0.05) is 48.0 Å². The Hall–Kier alpha value is -0.930. The highest BCUT2D eigenvalue weighted by Crippen LogP contribution is 1.97. The predicted octanol–water partition coefficient (Wildman–Crippen LogP) is 3.12. The van der Waals surface area contributed by atoms with E-state index >= 15 is 0 Å². The minimum Gasteiger partial charge on any atom is -0.445 e. The molecule has 0 unspecified atom stereocenters. The average Bonchev–Trinajstić information content (AvgIpc) is 2.26. The third-order valence-corrected chi connectivity index (χ3v) is 1.77. The summed E-state index contributed by atoms with van der Waals surface area (Å²) in [5, 5.41) is 0. The van der Waals surface area contributed by atoms with Gasteiger partial charge in [0.05, 0.1) is 0 Å². The van der Waals surface area contributed by atoms with Crippen LogP contribution in [0.2, 0.25) is 0 Å². The van der Waals surface area contributed by atoms with E-state index in [9.17, 15) is 4.79 Å². The molecule has 0 heterocycles. The zero-order chi connectivity index (χ0) is 11.5. The highest BCUT2D eigenvalue weighted by atomic mass is 35.5. The van der Waals surface area contributed by atoms with Gasteiger partial charge in [0.25, 0.3) is 0 Å². The highest BCUT2D eigenvalue weighted by Gasteiger charge is 2.10. The summed E-state index contributed by atoms with van der Waals surface area (Å²) in [6.45, 7) is 4.39. The first-order valence-corrected chi connectivity index (χ1v) is 5.16. The topological polar surface area (TPSA) is 29.5 Å². The summed E-state index contributed by atoms with van der Waals surface area (Å²) in [6, 6.07) is 0. The summed E-state index contributed by atoms with van der Waals surface area (Å²) < 4.78 is 4.86. The number of hydrogen-bond acceptors (Lipinski definition) is 2. The van der Waals surface area contributed by atoms with Crippen LogP contribution < -0.4 is 0 Å². The number of halogens is 2. The van der Waals surface area contributed by atoms with Crippen LogP contribution in [0.5, 0.6) is 0 Å². The normalized spacial score (nSPS) is 10.8. The van der Waals surface area contributed by atoms with Crippen LogP contribution >= 0.6 is 23.2 Å². The second-order valence-corrected chi connectivity index (χ2v) is 3.00. The van der Waals surface area contributed by atoms with Gasteiger partial charge >= 0.3 is 6.09 Å². The zero-order valence-corrected chi connectivity index (χ0v) is 9.75. The van der Waals surface area contributed by atoms with Crippen LogP contribution in [0.3, 0.4) is 0 Å². The lowest BCUT2D eigenvalue weighted by Crippen LogP contribution is -2.32. The molecule has 0 radical (unpaired) electrons. The number of ether oxygens (including phenoxy) is 1. The van der Waals surface area contributed by atoms with E-state index in [0.29, 0.717) is 13.1 Å². The lowest BCUT2D eigenvalue weighted by Gasteiger charge is -2.18. The maximum absolute atomic E-state index is 11.4. The van der Waals surface area contributed by atoms with E-state index in [-0.39, 0.29) is 6.61 Å². The molecule has 0 aliphatic rings. The summed E-state index contributed by atoms with van der Waals surface area (Å²) in [6.07, 6.45) is 4.35. The lowest BCUT2D eigenvalue weighted by atomic mass is 10.5. The average molecular weight is 250 g/mol. The Bertz CT molecular complexity index is 238. The fourth-order valence-corrected chi connectivity index (χ4v) is 0.939. The first-order valence-electron chi connectivity index (χ1n) is 4.29. The van der Waals surface area contributed by atoms with E-state index in [1.807, 2.05) is 0 Å². The Morgan fingerprint density at radius 3 is 2.20 bits per heavy atom. The molecule has 0 rings (SSSR count). The molecule has 0 aromatic carbocycles. The third kappa shape index (κ3) is 7.05. The molecule has 5 heteroatoms. The predicted molar refractivity (Wildman–Crippen MR) is 63.1 cm³/mol. The van der Waals surface area contributed by atoms with Crippen molar-refractivity contribution in [2.75, 3.05) is 19.7 Å². The first-order chi connectivity index (χ1) is 7.26. The Kier molecular flexibility index (Phi) is 9.02. The molecular formula is C10H13Cl2NO2. The van der Waals surface area contributed by atoms with E-state index in [0.717, 1.165) is 0 Å². The number of carbonyl (C=O) groups is 1. The van der Waals surface area contributed by atoms with Gasteiger partial charge in [-0.2, -0.15) is 0 Å². The van der Waals surface area contributed by atoms with Crippen molar-refractivity contribution in [3.8, 4) is 0 Å². The van der Waals surface area contributed by atoms with Gasteiger partial charge in [-0.25, -0.2) is 4.79 Å². The molecule has 0 aliphatic carbocycles. The highest BCUT2D eigenvalue weighted by molar-refractivity contribution is 6.25. The van der Waals surface area contributed by atoms with Gasteiger partial charge in [-0.3, -0.25) is 0 Å². The largest absolute Gasteiger partial charge is 0.445 e. The minimum absolute atomic E-state index is 0.185. The second-order valence-electron chi connectivity index (χ2n) is 2.49. The molecule has 0 bridgehead atoms. The second kappa shape index (κ2) is 9.62. The van der Waals surface area contributed by atoms with E-state index in [1.54, 1.807) is 12.2 Å². The Balaban J connectivity index is 4.18. The van der Waals surface area contributed by atoms with Crippen molar-refractivity contribution in [2.45, 2.75) is 0 Å². The molecule has 84 valence electrons. The minimum atomic E-state index is -0.431. The van der Waals surface area contributed by atoms with Crippen LogP contribution in [-0.2, 0) is 4.74 Å².